The first-order valence-electron chi connectivity index (χ1n) is 10.4. The van der Waals surface area contributed by atoms with Crippen LogP contribution in [0.2, 0.25) is 0 Å². The van der Waals surface area contributed by atoms with Crippen molar-refractivity contribution in [1.82, 2.24) is 10.5 Å². The van der Waals surface area contributed by atoms with Crippen LogP contribution < -0.4 is 15.7 Å². The van der Waals surface area contributed by atoms with Gasteiger partial charge >= 0.3 is 0 Å². The molecule has 0 aliphatic carbocycles. The number of hydrogen-bond donors (Lipinski definition) is 4. The Kier molecular flexibility index (Phi) is 8.35. The van der Waals surface area contributed by atoms with E-state index in [1.54, 1.807) is 60.9 Å². The van der Waals surface area contributed by atoms with Gasteiger partial charge in [-0.3, -0.25) is 24.7 Å². The maximum absolute atomic E-state index is 13.1. The molecule has 8 nitrogen and oxygen atoms in total. The fourth-order valence-corrected chi connectivity index (χ4v) is 3.23. The van der Waals surface area contributed by atoms with Crippen molar-refractivity contribution in [3.63, 3.8) is 0 Å². The molecule has 3 aromatic rings. The van der Waals surface area contributed by atoms with Gasteiger partial charge in [0.25, 0.3) is 5.91 Å². The van der Waals surface area contributed by atoms with Gasteiger partial charge in [-0.1, -0.05) is 24.0 Å². The molecule has 4 N–H and O–H groups in total. The Morgan fingerprint density at radius 1 is 1.00 bits per heavy atom. The average molecular weight is 457 g/mol. The molecule has 0 saturated heterocycles. The third-order valence-corrected chi connectivity index (χ3v) is 4.91. The molecule has 0 spiro atoms. The van der Waals surface area contributed by atoms with Gasteiger partial charge < -0.3 is 10.4 Å². The number of pyridine rings is 1. The van der Waals surface area contributed by atoms with E-state index in [0.717, 1.165) is 10.5 Å². The summed E-state index contributed by atoms with van der Waals surface area (Å²) in [7, 11) is 0. The summed E-state index contributed by atoms with van der Waals surface area (Å²) in [5.74, 6) is 4.64. The Morgan fingerprint density at radius 2 is 1.56 bits per heavy atom. The minimum Gasteiger partial charge on any atom is -0.391 e. The van der Waals surface area contributed by atoms with Crippen molar-refractivity contribution >= 4 is 23.2 Å². The van der Waals surface area contributed by atoms with E-state index in [1.807, 2.05) is 12.1 Å². The van der Waals surface area contributed by atoms with Gasteiger partial charge in [0.05, 0.1) is 12.6 Å². The maximum Gasteiger partial charge on any atom is 0.269 e. The number of rotatable bonds is 7. The molecule has 2 radical (unpaired) electrons. The second kappa shape index (κ2) is 11.6. The molecule has 0 bridgehead atoms. The van der Waals surface area contributed by atoms with Gasteiger partial charge in [-0.25, -0.2) is 5.48 Å². The van der Waals surface area contributed by atoms with E-state index in [1.165, 1.54) is 12.4 Å². The van der Waals surface area contributed by atoms with Crippen LogP contribution in [0.25, 0.3) is 0 Å². The number of benzene rings is 2. The summed E-state index contributed by atoms with van der Waals surface area (Å²) in [6, 6.07) is 15.8. The molecule has 0 saturated carbocycles. The Labute approximate surface area is 198 Å². The highest BCUT2D eigenvalue weighted by atomic mass is 16.5. The van der Waals surface area contributed by atoms with Crippen LogP contribution in [-0.2, 0) is 9.59 Å². The molecule has 0 fully saturated rings. The van der Waals surface area contributed by atoms with Crippen LogP contribution in [0, 0.1) is 18.8 Å². The fraction of sp³-hybridized carbons (Fsp3) is 0.154. The normalized spacial score (nSPS) is 12.0. The number of aliphatic hydroxyl groups is 1. The minimum atomic E-state index is -1.36. The van der Waals surface area contributed by atoms with E-state index in [2.05, 4.69) is 22.1 Å². The first-order valence-corrected chi connectivity index (χ1v) is 10.4. The summed E-state index contributed by atoms with van der Waals surface area (Å²) in [5, 5.41) is 22.4. The van der Waals surface area contributed by atoms with E-state index < -0.39 is 24.0 Å². The van der Waals surface area contributed by atoms with Crippen molar-refractivity contribution in [3.05, 3.63) is 96.7 Å². The molecule has 3 rings (SSSR count). The van der Waals surface area contributed by atoms with Crippen molar-refractivity contribution in [2.24, 2.45) is 0 Å². The van der Waals surface area contributed by atoms with E-state index in [9.17, 15) is 19.9 Å². The van der Waals surface area contributed by atoms with Gasteiger partial charge in [-0.15, -0.1) is 0 Å². The summed E-state index contributed by atoms with van der Waals surface area (Å²) in [6.45, 7) is 6.89. The molecule has 2 amide bonds. The SMILES string of the molecule is [CH]c1ccc(C#Cc2ccc(N(C(=O)CNc3ccncc3)[C@H](C(=O)NO)[C@@H](C)O)cc2)cc1. The topological polar surface area (TPSA) is 115 Å². The quantitative estimate of drug-likeness (QED) is 0.246. The molecular formula is C26H24N4O4. The standard InChI is InChI=1S/C26H24N4O4/c1-18-3-5-20(6-4-18)7-8-21-9-11-23(12-10-21)30(25(19(2)31)26(33)29-34)24(32)17-28-22-13-15-27-16-14-22/h1,3-6,9-16,19,25,31,34H,17H2,2H3,(H,27,28)(H,29,33)/t19-,25+/m1/s1. The van der Waals surface area contributed by atoms with Crippen LogP contribution in [0.4, 0.5) is 11.4 Å². The summed E-state index contributed by atoms with van der Waals surface area (Å²) >= 11 is 0. The lowest BCUT2D eigenvalue weighted by Gasteiger charge is -2.32. The number of nitrogens with zero attached hydrogens (tertiary/aromatic N) is 2. The first-order chi connectivity index (χ1) is 16.4. The van der Waals surface area contributed by atoms with Crippen molar-refractivity contribution in [2.45, 2.75) is 19.1 Å². The lowest BCUT2D eigenvalue weighted by molar-refractivity contribution is -0.135. The number of aromatic nitrogens is 1. The number of hydrogen-bond acceptors (Lipinski definition) is 6. The van der Waals surface area contributed by atoms with Gasteiger partial charge in [0.1, 0.15) is 6.04 Å². The minimum absolute atomic E-state index is 0.162. The number of carbonyl (C=O) groups excluding carboxylic acids is 2. The van der Waals surface area contributed by atoms with E-state index in [-0.39, 0.29) is 6.54 Å². The zero-order valence-corrected chi connectivity index (χ0v) is 18.5. The molecule has 0 aliphatic heterocycles. The van der Waals surface area contributed by atoms with Crippen LogP contribution in [0.15, 0.2) is 73.1 Å². The highest BCUT2D eigenvalue weighted by Crippen LogP contribution is 2.21. The molecule has 1 heterocycles. The number of nitrogens with one attached hydrogen (secondary N) is 2. The van der Waals surface area contributed by atoms with Gasteiger partial charge in [0, 0.05) is 34.9 Å². The lowest BCUT2D eigenvalue weighted by Crippen LogP contribution is -2.55. The molecule has 1 aromatic heterocycles. The number of amides is 2. The lowest BCUT2D eigenvalue weighted by atomic mass is 10.1. The van der Waals surface area contributed by atoms with Gasteiger partial charge in [0.15, 0.2) is 0 Å². The van der Waals surface area contributed by atoms with Crippen LogP contribution in [-0.4, -0.2) is 45.8 Å². The Bertz CT molecular complexity index is 1170. The van der Waals surface area contributed by atoms with E-state index >= 15 is 0 Å². The second-order valence-corrected chi connectivity index (χ2v) is 7.43. The smallest absolute Gasteiger partial charge is 0.269 e. The second-order valence-electron chi connectivity index (χ2n) is 7.43. The predicted octanol–water partition coefficient (Wildman–Crippen LogP) is 2.24. The van der Waals surface area contributed by atoms with Crippen LogP contribution in [0.1, 0.15) is 23.6 Å². The number of carbonyl (C=O) groups is 2. The molecular weight excluding hydrogens is 432 g/mol. The Morgan fingerprint density at radius 3 is 2.09 bits per heavy atom. The highest BCUT2D eigenvalue weighted by Gasteiger charge is 2.34. The highest BCUT2D eigenvalue weighted by molar-refractivity contribution is 6.02. The molecule has 2 atom stereocenters. The largest absolute Gasteiger partial charge is 0.391 e. The van der Waals surface area contributed by atoms with Crippen molar-refractivity contribution in [1.29, 1.82) is 0 Å². The molecule has 0 unspecified atom stereocenters. The first kappa shape index (κ1) is 24.5. The number of hydroxylamine groups is 1. The fourth-order valence-electron chi connectivity index (χ4n) is 3.23. The summed E-state index contributed by atoms with van der Waals surface area (Å²) in [6.07, 6.45) is 1.89. The van der Waals surface area contributed by atoms with Crippen molar-refractivity contribution in [3.8, 4) is 11.8 Å². The van der Waals surface area contributed by atoms with E-state index in [4.69, 9.17) is 6.92 Å². The van der Waals surface area contributed by atoms with Gasteiger partial charge in [-0.2, -0.15) is 0 Å². The number of anilines is 2. The zero-order chi connectivity index (χ0) is 24.5. The van der Waals surface area contributed by atoms with Gasteiger partial charge in [-0.05, 0) is 67.9 Å². The van der Waals surface area contributed by atoms with Crippen LogP contribution in [0.3, 0.4) is 0 Å². The van der Waals surface area contributed by atoms with Crippen LogP contribution >= 0.6 is 0 Å². The number of aliphatic hydroxyl groups excluding tert-OH is 1. The molecule has 2 aromatic carbocycles. The molecule has 172 valence electrons. The third-order valence-electron chi connectivity index (χ3n) is 4.91. The Hall–Kier alpha value is -4.19. The maximum atomic E-state index is 13.1. The molecule has 0 aliphatic rings. The summed E-state index contributed by atoms with van der Waals surface area (Å²) in [4.78, 5) is 30.5. The van der Waals surface area contributed by atoms with Crippen LogP contribution in [0.5, 0.6) is 0 Å². The molecule has 34 heavy (non-hydrogen) atoms. The van der Waals surface area contributed by atoms with Crippen molar-refractivity contribution in [2.75, 3.05) is 16.8 Å². The predicted molar refractivity (Wildman–Crippen MR) is 128 cm³/mol. The Balaban J connectivity index is 1.86. The third kappa shape index (κ3) is 6.42. The summed E-state index contributed by atoms with van der Waals surface area (Å²) < 4.78 is 0. The van der Waals surface area contributed by atoms with Gasteiger partial charge in [0.2, 0.25) is 5.91 Å². The van der Waals surface area contributed by atoms with E-state index in [0.29, 0.717) is 22.5 Å². The summed E-state index contributed by atoms with van der Waals surface area (Å²) in [5.41, 5.74) is 4.68. The zero-order valence-electron chi connectivity index (χ0n) is 18.5. The monoisotopic (exact) mass is 456 g/mol. The average Bonchev–Trinajstić information content (AvgIpc) is 2.86. The van der Waals surface area contributed by atoms with Crippen molar-refractivity contribution < 1.29 is 19.9 Å². The molecule has 8 heteroatoms.